The Morgan fingerprint density at radius 1 is 1.32 bits per heavy atom. The molecule has 0 spiro atoms. The topological polar surface area (TPSA) is 15.3 Å². The zero-order valence-electron chi connectivity index (χ0n) is 11.0. The zero-order valence-corrected chi connectivity index (χ0v) is 11.0. The van der Waals surface area contributed by atoms with E-state index in [1.165, 1.54) is 6.07 Å². The second kappa shape index (κ2) is 5.82. The highest BCUT2D eigenvalue weighted by Crippen LogP contribution is 2.37. The molecule has 0 bridgehead atoms. The quantitative estimate of drug-likeness (QED) is 0.906. The van der Waals surface area contributed by atoms with Gasteiger partial charge >= 0.3 is 6.18 Å². The minimum Gasteiger partial charge on any atom is -0.371 e. The van der Waals surface area contributed by atoms with Crippen LogP contribution in [0.2, 0.25) is 0 Å². The van der Waals surface area contributed by atoms with E-state index in [1.54, 1.807) is 12.1 Å². The van der Waals surface area contributed by atoms with Gasteiger partial charge in [-0.15, -0.1) is 0 Å². The lowest BCUT2D eigenvalue weighted by Gasteiger charge is -2.23. The molecule has 1 aromatic rings. The van der Waals surface area contributed by atoms with Gasteiger partial charge in [-0.2, -0.15) is 13.2 Å². The number of halogens is 3. The Bertz CT molecular complexity index is 417. The lowest BCUT2D eigenvalue weighted by molar-refractivity contribution is -0.137. The molecule has 1 N–H and O–H groups in total. The summed E-state index contributed by atoms with van der Waals surface area (Å²) in [7, 11) is 0. The molecular weight excluding hydrogens is 253 g/mol. The number of para-hydroxylation sites is 1. The second-order valence-electron chi connectivity index (χ2n) is 4.92. The highest BCUT2D eigenvalue weighted by Gasteiger charge is 2.35. The molecule has 1 aromatic carbocycles. The van der Waals surface area contributed by atoms with Crippen LogP contribution in [0.1, 0.15) is 18.9 Å². The molecule has 19 heavy (non-hydrogen) atoms. The third-order valence-electron chi connectivity index (χ3n) is 3.52. The van der Waals surface area contributed by atoms with Gasteiger partial charge in [-0.1, -0.05) is 19.1 Å². The van der Waals surface area contributed by atoms with Crippen molar-refractivity contribution in [3.8, 4) is 0 Å². The Labute approximate surface area is 111 Å². The number of alkyl halides is 3. The summed E-state index contributed by atoms with van der Waals surface area (Å²) in [5.74, 6) is 0.432. The van der Waals surface area contributed by atoms with Crippen molar-refractivity contribution in [3.63, 3.8) is 0 Å². The Morgan fingerprint density at radius 3 is 2.74 bits per heavy atom. The van der Waals surface area contributed by atoms with Gasteiger partial charge < -0.3 is 10.2 Å². The highest BCUT2D eigenvalue weighted by atomic mass is 19.4. The van der Waals surface area contributed by atoms with Crippen molar-refractivity contribution in [1.82, 2.24) is 5.32 Å². The number of anilines is 1. The summed E-state index contributed by atoms with van der Waals surface area (Å²) in [6, 6.07) is 5.84. The maximum Gasteiger partial charge on any atom is 0.418 e. The smallest absolute Gasteiger partial charge is 0.371 e. The fourth-order valence-corrected chi connectivity index (χ4v) is 2.56. The predicted octanol–water partition coefficient (Wildman–Crippen LogP) is 3.14. The van der Waals surface area contributed by atoms with Crippen molar-refractivity contribution >= 4 is 5.69 Å². The highest BCUT2D eigenvalue weighted by molar-refractivity contribution is 5.55. The van der Waals surface area contributed by atoms with E-state index < -0.39 is 11.7 Å². The van der Waals surface area contributed by atoms with E-state index in [-0.39, 0.29) is 0 Å². The van der Waals surface area contributed by atoms with Crippen LogP contribution >= 0.6 is 0 Å². The molecule has 106 valence electrons. The Hall–Kier alpha value is -1.23. The molecular formula is C14H19F3N2. The van der Waals surface area contributed by atoms with E-state index in [4.69, 9.17) is 0 Å². The van der Waals surface area contributed by atoms with Gasteiger partial charge in [0, 0.05) is 18.8 Å². The average molecular weight is 272 g/mol. The molecule has 0 aromatic heterocycles. The molecule has 2 nitrogen and oxygen atoms in total. The molecule has 1 saturated heterocycles. The molecule has 1 atom stereocenters. The summed E-state index contributed by atoms with van der Waals surface area (Å²) in [6.45, 7) is 5.20. The molecule has 2 rings (SSSR count). The van der Waals surface area contributed by atoms with E-state index in [0.29, 0.717) is 24.7 Å². The number of nitrogens with zero attached hydrogens (tertiary/aromatic N) is 1. The number of rotatable bonds is 4. The van der Waals surface area contributed by atoms with Crippen LogP contribution in [0.25, 0.3) is 0 Å². The van der Waals surface area contributed by atoms with Gasteiger partial charge in [0.25, 0.3) is 0 Å². The van der Waals surface area contributed by atoms with Crippen LogP contribution in [0, 0.1) is 5.92 Å². The molecule has 1 unspecified atom stereocenters. The second-order valence-corrected chi connectivity index (χ2v) is 4.92. The first-order valence-corrected chi connectivity index (χ1v) is 6.64. The summed E-state index contributed by atoms with van der Waals surface area (Å²) < 4.78 is 38.9. The average Bonchev–Trinajstić information content (AvgIpc) is 2.84. The third-order valence-corrected chi connectivity index (χ3v) is 3.52. The van der Waals surface area contributed by atoms with Crippen molar-refractivity contribution < 1.29 is 13.2 Å². The largest absolute Gasteiger partial charge is 0.418 e. The standard InChI is InChI=1S/C14H19F3N2/c1-2-18-9-11-7-8-19(10-11)13-6-4-3-5-12(13)14(15,16)17/h3-6,11,18H,2,7-10H2,1H3. The first-order chi connectivity index (χ1) is 9.02. The van der Waals surface area contributed by atoms with E-state index in [2.05, 4.69) is 5.32 Å². The third kappa shape index (κ3) is 3.41. The number of hydrogen-bond acceptors (Lipinski definition) is 2. The van der Waals surface area contributed by atoms with Crippen LogP contribution in [-0.4, -0.2) is 26.2 Å². The molecule has 0 aliphatic carbocycles. The van der Waals surface area contributed by atoms with E-state index >= 15 is 0 Å². The fourth-order valence-electron chi connectivity index (χ4n) is 2.56. The summed E-state index contributed by atoms with van der Waals surface area (Å²) in [4.78, 5) is 1.85. The fraction of sp³-hybridized carbons (Fsp3) is 0.571. The number of nitrogens with one attached hydrogen (secondary N) is 1. The van der Waals surface area contributed by atoms with Crippen molar-refractivity contribution in [1.29, 1.82) is 0 Å². The van der Waals surface area contributed by atoms with Gasteiger partial charge in [-0.25, -0.2) is 0 Å². The van der Waals surface area contributed by atoms with Gasteiger partial charge in [0.05, 0.1) is 5.56 Å². The summed E-state index contributed by atoms with van der Waals surface area (Å²) in [6.07, 6.45) is -3.34. The summed E-state index contributed by atoms with van der Waals surface area (Å²) in [5.41, 5.74) is -0.215. The van der Waals surface area contributed by atoms with Crippen LogP contribution < -0.4 is 10.2 Å². The molecule has 0 amide bonds. The van der Waals surface area contributed by atoms with Crippen molar-refractivity contribution in [3.05, 3.63) is 29.8 Å². The normalized spacial score (nSPS) is 20.0. The Balaban J connectivity index is 2.11. The van der Waals surface area contributed by atoms with Crippen LogP contribution in [0.15, 0.2) is 24.3 Å². The van der Waals surface area contributed by atoms with Gasteiger partial charge in [0.1, 0.15) is 0 Å². The van der Waals surface area contributed by atoms with Gasteiger partial charge in [-0.3, -0.25) is 0 Å². The molecule has 0 radical (unpaired) electrons. The van der Waals surface area contributed by atoms with E-state index in [1.807, 2.05) is 11.8 Å². The number of hydrogen-bond donors (Lipinski definition) is 1. The summed E-state index contributed by atoms with van der Waals surface area (Å²) >= 11 is 0. The summed E-state index contributed by atoms with van der Waals surface area (Å²) in [5, 5.41) is 3.26. The predicted molar refractivity (Wildman–Crippen MR) is 70.3 cm³/mol. The maximum absolute atomic E-state index is 13.0. The van der Waals surface area contributed by atoms with Crippen LogP contribution in [0.3, 0.4) is 0 Å². The molecule has 1 heterocycles. The van der Waals surface area contributed by atoms with Crippen molar-refractivity contribution in [2.45, 2.75) is 19.5 Å². The first kappa shape index (κ1) is 14.2. The Morgan fingerprint density at radius 2 is 2.05 bits per heavy atom. The molecule has 1 aliphatic rings. The van der Waals surface area contributed by atoms with Gasteiger partial charge in [-0.05, 0) is 37.6 Å². The SMILES string of the molecule is CCNCC1CCN(c2ccccc2C(F)(F)F)C1. The van der Waals surface area contributed by atoms with Crippen LogP contribution in [0.5, 0.6) is 0 Å². The van der Waals surface area contributed by atoms with Crippen molar-refractivity contribution in [2.75, 3.05) is 31.1 Å². The molecule has 1 aliphatic heterocycles. The molecule has 0 saturated carbocycles. The lowest BCUT2D eigenvalue weighted by atomic mass is 10.1. The minimum absolute atomic E-state index is 0.314. The number of benzene rings is 1. The molecule has 5 heteroatoms. The molecule has 1 fully saturated rings. The van der Waals surface area contributed by atoms with E-state index in [0.717, 1.165) is 25.6 Å². The Kier molecular flexibility index (Phi) is 4.34. The van der Waals surface area contributed by atoms with Gasteiger partial charge in [0.15, 0.2) is 0 Å². The zero-order chi connectivity index (χ0) is 13.9. The first-order valence-electron chi connectivity index (χ1n) is 6.64. The van der Waals surface area contributed by atoms with E-state index in [9.17, 15) is 13.2 Å². The van der Waals surface area contributed by atoms with Crippen molar-refractivity contribution in [2.24, 2.45) is 5.92 Å². The minimum atomic E-state index is -4.28. The van der Waals surface area contributed by atoms with Crippen LogP contribution in [0.4, 0.5) is 18.9 Å². The monoisotopic (exact) mass is 272 g/mol. The van der Waals surface area contributed by atoms with Crippen LogP contribution in [-0.2, 0) is 6.18 Å². The maximum atomic E-state index is 13.0. The lowest BCUT2D eigenvalue weighted by Crippen LogP contribution is -2.27. The van der Waals surface area contributed by atoms with Gasteiger partial charge in [0.2, 0.25) is 0 Å².